The van der Waals surface area contributed by atoms with Crippen molar-refractivity contribution in [1.29, 1.82) is 0 Å². The molecule has 3 heteroatoms. The maximum Gasteiger partial charge on any atom is 0.0762 e. The second kappa shape index (κ2) is 5.10. The van der Waals surface area contributed by atoms with Crippen LogP contribution in [0.1, 0.15) is 45.3 Å². The van der Waals surface area contributed by atoms with Gasteiger partial charge in [-0.3, -0.25) is 0 Å². The zero-order valence-electron chi connectivity index (χ0n) is 11.4. The van der Waals surface area contributed by atoms with E-state index in [0.717, 1.165) is 29.4 Å². The molecule has 1 aromatic rings. The predicted molar refractivity (Wildman–Crippen MR) is 77.3 cm³/mol. The van der Waals surface area contributed by atoms with E-state index in [1.54, 1.807) is 6.92 Å². The van der Waals surface area contributed by atoms with Gasteiger partial charge in [-0.05, 0) is 42.9 Å². The lowest BCUT2D eigenvalue weighted by atomic mass is 9.82. The normalized spacial score (nSPS) is 20.8. The van der Waals surface area contributed by atoms with E-state index in [0.29, 0.717) is 5.41 Å². The van der Waals surface area contributed by atoms with Gasteiger partial charge >= 0.3 is 0 Å². The molecule has 1 saturated heterocycles. The highest BCUT2D eigenvalue weighted by atomic mass is 35.5. The molecule has 100 valence electrons. The van der Waals surface area contributed by atoms with Crippen LogP contribution in [-0.2, 0) is 0 Å². The van der Waals surface area contributed by atoms with Gasteiger partial charge in [0.2, 0.25) is 0 Å². The van der Waals surface area contributed by atoms with Gasteiger partial charge in [-0.1, -0.05) is 31.5 Å². The highest BCUT2D eigenvalue weighted by Gasteiger charge is 2.26. The van der Waals surface area contributed by atoms with Crippen LogP contribution in [0.3, 0.4) is 0 Å². The summed E-state index contributed by atoms with van der Waals surface area (Å²) in [6, 6.07) is 5.87. The van der Waals surface area contributed by atoms with Crippen molar-refractivity contribution >= 4 is 17.3 Å². The van der Waals surface area contributed by atoms with Crippen LogP contribution in [-0.4, -0.2) is 18.2 Å². The highest BCUT2D eigenvalue weighted by Crippen LogP contribution is 2.35. The minimum atomic E-state index is -0.461. The summed E-state index contributed by atoms with van der Waals surface area (Å²) in [5.74, 6) is 0. The third-order valence-corrected chi connectivity index (χ3v) is 4.21. The van der Waals surface area contributed by atoms with Crippen LogP contribution < -0.4 is 4.90 Å². The van der Waals surface area contributed by atoms with E-state index in [-0.39, 0.29) is 0 Å². The first-order valence-electron chi connectivity index (χ1n) is 6.61. The topological polar surface area (TPSA) is 23.5 Å². The fourth-order valence-corrected chi connectivity index (χ4v) is 2.70. The molecule has 0 bridgehead atoms. The van der Waals surface area contributed by atoms with Crippen LogP contribution in [0.4, 0.5) is 5.69 Å². The van der Waals surface area contributed by atoms with E-state index < -0.39 is 6.10 Å². The first-order chi connectivity index (χ1) is 8.39. The molecule has 1 N–H and O–H groups in total. The lowest BCUT2D eigenvalue weighted by Crippen LogP contribution is -2.37. The molecule has 1 aliphatic rings. The number of hydrogen-bond acceptors (Lipinski definition) is 2. The number of nitrogens with zero attached hydrogens (tertiary/aromatic N) is 1. The van der Waals surface area contributed by atoms with Crippen LogP contribution >= 0.6 is 11.6 Å². The Hall–Kier alpha value is -0.730. The Labute approximate surface area is 115 Å². The van der Waals surface area contributed by atoms with Crippen LogP contribution in [0.25, 0.3) is 0 Å². The molecule has 1 aliphatic heterocycles. The molecule has 2 nitrogen and oxygen atoms in total. The van der Waals surface area contributed by atoms with Crippen LogP contribution in [0, 0.1) is 5.41 Å². The van der Waals surface area contributed by atoms with Gasteiger partial charge in [-0.2, -0.15) is 0 Å². The molecule has 1 aromatic carbocycles. The zero-order valence-corrected chi connectivity index (χ0v) is 12.2. The van der Waals surface area contributed by atoms with E-state index in [2.05, 4.69) is 18.7 Å². The Balaban J connectivity index is 2.15. The number of aliphatic hydroxyl groups is 1. The minimum Gasteiger partial charge on any atom is -0.389 e. The Morgan fingerprint density at radius 2 is 1.89 bits per heavy atom. The Morgan fingerprint density at radius 1 is 1.28 bits per heavy atom. The number of piperidine rings is 1. The molecular weight excluding hydrogens is 246 g/mol. The summed E-state index contributed by atoms with van der Waals surface area (Å²) >= 11 is 6.33. The van der Waals surface area contributed by atoms with Gasteiger partial charge in [-0.15, -0.1) is 0 Å². The number of rotatable bonds is 2. The molecule has 0 aliphatic carbocycles. The molecule has 2 rings (SSSR count). The molecule has 0 amide bonds. The maximum atomic E-state index is 9.55. The van der Waals surface area contributed by atoms with E-state index in [9.17, 15) is 5.11 Å². The summed E-state index contributed by atoms with van der Waals surface area (Å²) in [6.07, 6.45) is 1.93. The van der Waals surface area contributed by atoms with Gasteiger partial charge in [0.25, 0.3) is 0 Å². The van der Waals surface area contributed by atoms with Gasteiger partial charge in [0.05, 0.1) is 16.8 Å². The molecule has 1 atom stereocenters. The molecule has 0 radical (unpaired) electrons. The lowest BCUT2D eigenvalue weighted by molar-refractivity contribution is 0.199. The first kappa shape index (κ1) is 13.7. The molecule has 1 fully saturated rings. The third kappa shape index (κ3) is 2.99. The Kier molecular flexibility index (Phi) is 3.88. The predicted octanol–water partition coefficient (Wildman–Crippen LogP) is 4.02. The monoisotopic (exact) mass is 267 g/mol. The maximum absolute atomic E-state index is 9.55. The SMILES string of the molecule is CC(O)c1ccc(N2CCC(C)(C)CC2)c(Cl)c1. The molecule has 0 aromatic heterocycles. The smallest absolute Gasteiger partial charge is 0.0762 e. The van der Waals surface area contributed by atoms with Crippen molar-refractivity contribution in [3.8, 4) is 0 Å². The van der Waals surface area contributed by atoms with Crippen molar-refractivity contribution in [3.05, 3.63) is 28.8 Å². The van der Waals surface area contributed by atoms with Gasteiger partial charge in [0.15, 0.2) is 0 Å². The van der Waals surface area contributed by atoms with E-state index in [1.807, 2.05) is 18.2 Å². The number of halogens is 1. The Morgan fingerprint density at radius 3 is 2.39 bits per heavy atom. The molecule has 0 spiro atoms. The third-order valence-electron chi connectivity index (χ3n) is 3.91. The van der Waals surface area contributed by atoms with Gasteiger partial charge in [-0.25, -0.2) is 0 Å². The zero-order chi connectivity index (χ0) is 13.3. The standard InChI is InChI=1S/C15H22ClNO/c1-11(18)12-4-5-14(13(16)10-12)17-8-6-15(2,3)7-9-17/h4-5,10-11,18H,6-9H2,1-3H3. The summed E-state index contributed by atoms with van der Waals surface area (Å²) in [7, 11) is 0. The molecule has 1 heterocycles. The second-order valence-electron chi connectivity index (χ2n) is 6.04. The van der Waals surface area contributed by atoms with Crippen LogP contribution in [0.15, 0.2) is 18.2 Å². The minimum absolute atomic E-state index is 0.447. The summed E-state index contributed by atoms with van der Waals surface area (Å²) in [5.41, 5.74) is 2.42. The Bertz CT molecular complexity index is 419. The summed E-state index contributed by atoms with van der Waals surface area (Å²) in [5, 5.41) is 10.3. The number of anilines is 1. The number of aliphatic hydroxyl groups excluding tert-OH is 1. The van der Waals surface area contributed by atoms with E-state index in [4.69, 9.17) is 11.6 Å². The van der Waals surface area contributed by atoms with E-state index >= 15 is 0 Å². The first-order valence-corrected chi connectivity index (χ1v) is 6.99. The number of benzene rings is 1. The average molecular weight is 268 g/mol. The molecular formula is C15H22ClNO. The highest BCUT2D eigenvalue weighted by molar-refractivity contribution is 6.33. The van der Waals surface area contributed by atoms with Gasteiger partial charge in [0.1, 0.15) is 0 Å². The quantitative estimate of drug-likeness (QED) is 0.875. The molecule has 18 heavy (non-hydrogen) atoms. The van der Waals surface area contributed by atoms with Crippen molar-refractivity contribution in [2.45, 2.75) is 39.7 Å². The molecule has 1 unspecified atom stereocenters. The summed E-state index contributed by atoms with van der Waals surface area (Å²) in [6.45, 7) is 8.52. The lowest BCUT2D eigenvalue weighted by Gasteiger charge is -2.38. The van der Waals surface area contributed by atoms with E-state index in [1.165, 1.54) is 12.8 Å². The van der Waals surface area contributed by atoms with Crippen molar-refractivity contribution < 1.29 is 5.11 Å². The van der Waals surface area contributed by atoms with Crippen molar-refractivity contribution in [2.75, 3.05) is 18.0 Å². The summed E-state index contributed by atoms with van der Waals surface area (Å²) in [4.78, 5) is 2.35. The van der Waals surface area contributed by atoms with Crippen LogP contribution in [0.2, 0.25) is 5.02 Å². The van der Waals surface area contributed by atoms with Gasteiger partial charge in [0, 0.05) is 13.1 Å². The van der Waals surface area contributed by atoms with Crippen molar-refractivity contribution in [2.24, 2.45) is 5.41 Å². The second-order valence-corrected chi connectivity index (χ2v) is 6.45. The average Bonchev–Trinajstić information content (AvgIpc) is 2.29. The largest absolute Gasteiger partial charge is 0.389 e. The van der Waals surface area contributed by atoms with Crippen molar-refractivity contribution in [3.63, 3.8) is 0 Å². The van der Waals surface area contributed by atoms with Crippen LogP contribution in [0.5, 0.6) is 0 Å². The summed E-state index contributed by atoms with van der Waals surface area (Å²) < 4.78 is 0. The fraction of sp³-hybridized carbons (Fsp3) is 0.600. The number of hydrogen-bond donors (Lipinski definition) is 1. The van der Waals surface area contributed by atoms with Crippen molar-refractivity contribution in [1.82, 2.24) is 0 Å². The van der Waals surface area contributed by atoms with Gasteiger partial charge < -0.3 is 10.0 Å². The molecule has 0 saturated carbocycles. The fourth-order valence-electron chi connectivity index (χ4n) is 2.39.